The lowest BCUT2D eigenvalue weighted by Crippen LogP contribution is -2.23. The first kappa shape index (κ1) is 13.8. The first-order chi connectivity index (χ1) is 7.71. The van der Waals surface area contributed by atoms with E-state index >= 15 is 0 Å². The van der Waals surface area contributed by atoms with Gasteiger partial charge in [0.2, 0.25) is 0 Å². The minimum Gasteiger partial charge on any atom is -0.490 e. The summed E-state index contributed by atoms with van der Waals surface area (Å²) in [6, 6.07) is 2.69. The Morgan fingerprint density at radius 2 is 2.00 bits per heavy atom. The van der Waals surface area contributed by atoms with Crippen LogP contribution in [0.5, 0.6) is 5.75 Å². The van der Waals surface area contributed by atoms with Crippen molar-refractivity contribution < 1.29 is 22.7 Å². The second-order valence-corrected chi connectivity index (χ2v) is 4.11. The Balaban J connectivity index is 3.19. The van der Waals surface area contributed by atoms with Crippen molar-refractivity contribution in [1.82, 2.24) is 0 Å². The van der Waals surface area contributed by atoms with E-state index in [4.69, 9.17) is 4.74 Å². The van der Waals surface area contributed by atoms with Gasteiger partial charge >= 0.3 is 5.38 Å². The van der Waals surface area contributed by atoms with Crippen LogP contribution in [0.25, 0.3) is 0 Å². The average Bonchev–Trinajstić information content (AvgIpc) is 2.14. The highest BCUT2D eigenvalue weighted by Crippen LogP contribution is 2.30. The van der Waals surface area contributed by atoms with Gasteiger partial charge in [0.15, 0.2) is 0 Å². The molecule has 0 aliphatic carbocycles. The summed E-state index contributed by atoms with van der Waals surface area (Å²) in [6.07, 6.45) is -0.382. The second kappa shape index (κ2) is 4.96. The monoisotopic (exact) mass is 266 g/mol. The number of hydrogen-bond donors (Lipinski definition) is 0. The Labute approximate surface area is 101 Å². The van der Waals surface area contributed by atoms with Gasteiger partial charge < -0.3 is 4.74 Å². The van der Waals surface area contributed by atoms with E-state index < -0.39 is 22.5 Å². The zero-order valence-corrected chi connectivity index (χ0v) is 9.89. The van der Waals surface area contributed by atoms with Crippen LogP contribution in [-0.2, 0) is 0 Å². The lowest BCUT2D eigenvalue weighted by molar-refractivity contribution is 0.0530. The van der Waals surface area contributed by atoms with Crippen molar-refractivity contribution in [2.45, 2.75) is 25.3 Å². The number of benzene rings is 1. The third kappa shape index (κ3) is 3.63. The molecule has 0 spiro atoms. The molecule has 0 aliphatic heterocycles. The molecule has 0 fully saturated rings. The van der Waals surface area contributed by atoms with Crippen molar-refractivity contribution in [3.05, 3.63) is 29.6 Å². The molecule has 1 aromatic carbocycles. The Kier molecular flexibility index (Phi) is 4.03. The summed E-state index contributed by atoms with van der Waals surface area (Å²) in [5, 5.41) is -4.03. The fourth-order valence-corrected chi connectivity index (χ4v) is 1.29. The van der Waals surface area contributed by atoms with Gasteiger partial charge in [-0.05, 0) is 37.6 Å². The molecule has 0 amide bonds. The molecular weight excluding hydrogens is 257 g/mol. The molecule has 0 atom stereocenters. The number of carbonyl (C=O) groups is 1. The van der Waals surface area contributed by atoms with Crippen LogP contribution in [-0.4, -0.2) is 17.3 Å². The first-order valence-corrected chi connectivity index (χ1v) is 5.17. The maximum Gasteiger partial charge on any atom is 0.385 e. The Morgan fingerprint density at radius 1 is 1.41 bits per heavy atom. The zero-order valence-electron chi connectivity index (χ0n) is 9.14. The number of ether oxygens (including phenoxy) is 1. The van der Waals surface area contributed by atoms with E-state index in [-0.39, 0.29) is 11.9 Å². The minimum absolute atomic E-state index is 0.245. The van der Waals surface area contributed by atoms with Gasteiger partial charge in [-0.2, -0.15) is 8.78 Å². The smallest absolute Gasteiger partial charge is 0.385 e. The topological polar surface area (TPSA) is 26.3 Å². The third-order valence-electron chi connectivity index (χ3n) is 1.81. The molecule has 0 heterocycles. The van der Waals surface area contributed by atoms with Crippen LogP contribution in [0.2, 0.25) is 0 Å². The van der Waals surface area contributed by atoms with Gasteiger partial charge in [-0.25, -0.2) is 4.39 Å². The van der Waals surface area contributed by atoms with E-state index in [0.29, 0.717) is 0 Å². The molecule has 6 heteroatoms. The van der Waals surface area contributed by atoms with Crippen molar-refractivity contribution in [3.63, 3.8) is 0 Å². The maximum absolute atomic E-state index is 12.9. The second-order valence-electron chi connectivity index (χ2n) is 3.63. The largest absolute Gasteiger partial charge is 0.490 e. The predicted molar refractivity (Wildman–Crippen MR) is 57.3 cm³/mol. The molecule has 1 rings (SSSR count). The number of hydrogen-bond acceptors (Lipinski definition) is 2. The number of carbonyl (C=O) groups excluding carboxylic acids is 1. The lowest BCUT2D eigenvalue weighted by Gasteiger charge is -2.15. The van der Waals surface area contributed by atoms with E-state index in [1.54, 1.807) is 13.8 Å². The van der Waals surface area contributed by atoms with Crippen molar-refractivity contribution in [2.24, 2.45) is 0 Å². The molecule has 0 radical (unpaired) electrons. The lowest BCUT2D eigenvalue weighted by atomic mass is 10.1. The summed E-state index contributed by atoms with van der Waals surface area (Å²) in [4.78, 5) is 11.3. The van der Waals surface area contributed by atoms with Crippen molar-refractivity contribution >= 4 is 17.4 Å². The molecule has 0 saturated heterocycles. The number of alkyl halides is 3. The maximum atomic E-state index is 12.9. The Morgan fingerprint density at radius 3 is 2.47 bits per heavy atom. The van der Waals surface area contributed by atoms with Crippen molar-refractivity contribution in [1.29, 1.82) is 0 Å². The molecule has 0 aromatic heterocycles. The fraction of sp³-hybridized carbons (Fsp3) is 0.364. The van der Waals surface area contributed by atoms with E-state index in [1.807, 2.05) is 0 Å². The molecule has 1 aromatic rings. The van der Waals surface area contributed by atoms with Crippen LogP contribution < -0.4 is 4.74 Å². The molecule has 0 saturated carbocycles. The molecule has 0 N–H and O–H groups in total. The summed E-state index contributed by atoms with van der Waals surface area (Å²) >= 11 is 4.63. The summed E-state index contributed by atoms with van der Waals surface area (Å²) < 4.78 is 43.4. The van der Waals surface area contributed by atoms with Crippen LogP contribution in [0.1, 0.15) is 24.2 Å². The SMILES string of the molecule is CC(C)Oc1cc(F)ccc1C(=O)C(F)(F)Cl. The number of halogens is 4. The quantitative estimate of drug-likeness (QED) is 0.614. The van der Waals surface area contributed by atoms with Gasteiger partial charge in [0.1, 0.15) is 11.6 Å². The molecule has 0 aliphatic rings. The van der Waals surface area contributed by atoms with Gasteiger partial charge in [0.05, 0.1) is 11.7 Å². The first-order valence-electron chi connectivity index (χ1n) is 4.79. The fourth-order valence-electron chi connectivity index (χ4n) is 1.19. The normalized spacial score (nSPS) is 11.7. The molecular formula is C11H10ClF3O2. The van der Waals surface area contributed by atoms with E-state index in [1.165, 1.54) is 0 Å². The minimum atomic E-state index is -4.03. The van der Waals surface area contributed by atoms with Crippen LogP contribution in [0.4, 0.5) is 13.2 Å². The van der Waals surface area contributed by atoms with E-state index in [9.17, 15) is 18.0 Å². The molecule has 0 bridgehead atoms. The Hall–Kier alpha value is -1.23. The highest BCUT2D eigenvalue weighted by atomic mass is 35.5. The summed E-state index contributed by atoms with van der Waals surface area (Å²) in [6.45, 7) is 3.25. The average molecular weight is 267 g/mol. The van der Waals surface area contributed by atoms with Gasteiger partial charge in [-0.3, -0.25) is 4.79 Å². The standard InChI is InChI=1S/C11H10ClF3O2/c1-6(2)17-9-5-7(13)3-4-8(9)10(16)11(12,14)15/h3-6H,1-2H3. The van der Waals surface area contributed by atoms with Crippen LogP contribution in [0, 0.1) is 5.82 Å². The van der Waals surface area contributed by atoms with Crippen LogP contribution in [0.3, 0.4) is 0 Å². The van der Waals surface area contributed by atoms with E-state index in [0.717, 1.165) is 18.2 Å². The van der Waals surface area contributed by atoms with Gasteiger partial charge in [-0.15, -0.1) is 0 Å². The van der Waals surface area contributed by atoms with Gasteiger partial charge in [0, 0.05) is 6.07 Å². The highest BCUT2D eigenvalue weighted by Gasteiger charge is 2.38. The van der Waals surface area contributed by atoms with E-state index in [2.05, 4.69) is 11.6 Å². The number of ketones is 1. The summed E-state index contributed by atoms with van der Waals surface area (Å²) in [5.41, 5.74) is -0.444. The Bertz CT molecular complexity index is 427. The third-order valence-corrected chi connectivity index (χ3v) is 1.98. The number of Topliss-reactive ketones (excluding diaryl/α,β-unsaturated/α-hetero) is 1. The van der Waals surface area contributed by atoms with Crippen molar-refractivity contribution in [3.8, 4) is 5.75 Å². The number of rotatable bonds is 4. The molecule has 0 unspecified atom stereocenters. The summed E-state index contributed by atoms with van der Waals surface area (Å²) in [7, 11) is 0. The van der Waals surface area contributed by atoms with Gasteiger partial charge in [0.25, 0.3) is 5.78 Å². The highest BCUT2D eigenvalue weighted by molar-refractivity contribution is 6.35. The van der Waals surface area contributed by atoms with Crippen LogP contribution in [0.15, 0.2) is 18.2 Å². The molecule has 17 heavy (non-hydrogen) atoms. The van der Waals surface area contributed by atoms with Crippen LogP contribution >= 0.6 is 11.6 Å². The summed E-state index contributed by atoms with van der Waals surface area (Å²) in [5.74, 6) is -2.55. The van der Waals surface area contributed by atoms with Gasteiger partial charge in [-0.1, -0.05) is 0 Å². The van der Waals surface area contributed by atoms with Crippen molar-refractivity contribution in [2.75, 3.05) is 0 Å². The predicted octanol–water partition coefficient (Wildman–Crippen LogP) is 3.63. The zero-order chi connectivity index (χ0) is 13.2. The molecule has 94 valence electrons. The molecule has 2 nitrogen and oxygen atoms in total.